The number of hydrogen-bond donors (Lipinski definition) is 1. The molecule has 0 aliphatic carbocycles. The van der Waals surface area contributed by atoms with Crippen LogP contribution < -0.4 is 10.6 Å². The zero-order chi connectivity index (χ0) is 13.4. The molecule has 1 aliphatic rings. The Morgan fingerprint density at radius 2 is 2.16 bits per heavy atom. The second-order valence-corrected chi connectivity index (χ2v) is 6.47. The summed E-state index contributed by atoms with van der Waals surface area (Å²) in [4.78, 5) is 11.2. The minimum absolute atomic E-state index is 0.481. The summed E-state index contributed by atoms with van der Waals surface area (Å²) in [6.07, 6.45) is 1.64. The summed E-state index contributed by atoms with van der Waals surface area (Å²) in [5.74, 6) is 2.18. The minimum Gasteiger partial charge on any atom is -0.399 e. The number of fused-ring (bicyclic) bond motifs is 1. The number of thioether (sulfide) groups is 1. The second-order valence-electron chi connectivity index (χ2n) is 4.98. The molecule has 0 bridgehead atoms. The normalized spacial score (nSPS) is 23.8. The Bertz CT molecular complexity index is 601. The Morgan fingerprint density at radius 3 is 3.00 bits per heavy atom. The molecule has 19 heavy (non-hydrogen) atoms. The lowest BCUT2D eigenvalue weighted by molar-refractivity contribution is 0.622. The summed E-state index contributed by atoms with van der Waals surface area (Å²) < 4.78 is 0. The number of nitrogen functional groups attached to an aromatic ring is 1. The molecule has 0 amide bonds. The maximum Gasteiger partial charge on any atom is 0.140 e. The zero-order valence-corrected chi connectivity index (χ0v) is 12.0. The lowest BCUT2D eigenvalue weighted by Crippen LogP contribution is -2.45. The Kier molecular flexibility index (Phi) is 3.22. The van der Waals surface area contributed by atoms with Crippen molar-refractivity contribution in [2.75, 3.05) is 22.9 Å². The minimum atomic E-state index is 0.481. The van der Waals surface area contributed by atoms with Gasteiger partial charge in [0.15, 0.2) is 0 Å². The largest absolute Gasteiger partial charge is 0.399 e. The molecule has 2 N–H and O–H groups in total. The fraction of sp³-hybridized carbons (Fsp3) is 0.429. The summed E-state index contributed by atoms with van der Waals surface area (Å²) >= 11 is 2.03. The average molecular weight is 274 g/mol. The maximum atomic E-state index is 5.82. The predicted molar refractivity (Wildman–Crippen MR) is 82.7 cm³/mol. The summed E-state index contributed by atoms with van der Waals surface area (Å²) in [5, 5.41) is 1.70. The van der Waals surface area contributed by atoms with Crippen molar-refractivity contribution in [1.29, 1.82) is 0 Å². The molecule has 1 saturated heterocycles. The third-order valence-electron chi connectivity index (χ3n) is 3.80. The fourth-order valence-corrected chi connectivity index (χ4v) is 3.62. The first-order valence-electron chi connectivity index (χ1n) is 6.55. The van der Waals surface area contributed by atoms with Crippen molar-refractivity contribution < 1.29 is 0 Å². The van der Waals surface area contributed by atoms with Gasteiger partial charge in [-0.3, -0.25) is 0 Å². The van der Waals surface area contributed by atoms with Crippen LogP contribution in [-0.4, -0.2) is 33.6 Å². The van der Waals surface area contributed by atoms with Gasteiger partial charge < -0.3 is 10.6 Å². The third-order valence-corrected chi connectivity index (χ3v) is 5.13. The highest BCUT2D eigenvalue weighted by molar-refractivity contribution is 8.00. The van der Waals surface area contributed by atoms with Crippen LogP contribution in [0.25, 0.3) is 10.9 Å². The third kappa shape index (κ3) is 2.23. The Labute approximate surface area is 117 Å². The highest BCUT2D eigenvalue weighted by Crippen LogP contribution is 2.31. The van der Waals surface area contributed by atoms with Gasteiger partial charge in [-0.1, -0.05) is 6.92 Å². The standard InChI is InChI=1S/C14H18N4S/c1-9-10(2)19-6-5-18(9)14-12-4-3-11(15)7-13(12)16-8-17-14/h3-4,7-10H,5-6,15H2,1-2H3. The van der Waals surface area contributed by atoms with Crippen LogP contribution in [0.4, 0.5) is 11.5 Å². The second kappa shape index (κ2) is 4.89. The molecule has 1 aromatic heterocycles. The van der Waals surface area contributed by atoms with Crippen LogP contribution in [0.3, 0.4) is 0 Å². The van der Waals surface area contributed by atoms with E-state index in [2.05, 4.69) is 28.7 Å². The number of benzene rings is 1. The van der Waals surface area contributed by atoms with Crippen LogP contribution in [-0.2, 0) is 0 Å². The van der Waals surface area contributed by atoms with Crippen molar-refractivity contribution in [3.05, 3.63) is 24.5 Å². The first-order chi connectivity index (χ1) is 9.16. The van der Waals surface area contributed by atoms with Crippen LogP contribution in [0.1, 0.15) is 13.8 Å². The number of anilines is 2. The van der Waals surface area contributed by atoms with Crippen molar-refractivity contribution in [3.63, 3.8) is 0 Å². The van der Waals surface area contributed by atoms with Gasteiger partial charge in [0.1, 0.15) is 12.1 Å². The number of nitrogens with zero attached hydrogens (tertiary/aromatic N) is 3. The van der Waals surface area contributed by atoms with E-state index in [9.17, 15) is 0 Å². The number of aromatic nitrogens is 2. The van der Waals surface area contributed by atoms with E-state index in [1.807, 2.05) is 30.0 Å². The van der Waals surface area contributed by atoms with Crippen molar-refractivity contribution in [1.82, 2.24) is 9.97 Å². The molecule has 0 radical (unpaired) electrons. The maximum absolute atomic E-state index is 5.82. The highest BCUT2D eigenvalue weighted by Gasteiger charge is 2.27. The average Bonchev–Trinajstić information content (AvgIpc) is 2.41. The molecule has 3 rings (SSSR count). The lowest BCUT2D eigenvalue weighted by Gasteiger charge is -2.38. The van der Waals surface area contributed by atoms with Crippen molar-refractivity contribution >= 4 is 34.2 Å². The highest BCUT2D eigenvalue weighted by atomic mass is 32.2. The molecule has 2 aromatic rings. The van der Waals surface area contributed by atoms with Crippen LogP contribution >= 0.6 is 11.8 Å². The first kappa shape index (κ1) is 12.5. The molecule has 1 aromatic carbocycles. The lowest BCUT2D eigenvalue weighted by atomic mass is 10.1. The number of hydrogen-bond acceptors (Lipinski definition) is 5. The number of nitrogens with two attached hydrogens (primary N) is 1. The van der Waals surface area contributed by atoms with E-state index in [0.29, 0.717) is 11.3 Å². The van der Waals surface area contributed by atoms with Crippen LogP contribution in [0, 0.1) is 0 Å². The first-order valence-corrected chi connectivity index (χ1v) is 7.60. The zero-order valence-electron chi connectivity index (χ0n) is 11.2. The van der Waals surface area contributed by atoms with E-state index in [4.69, 9.17) is 5.73 Å². The van der Waals surface area contributed by atoms with Gasteiger partial charge in [-0.2, -0.15) is 11.8 Å². The fourth-order valence-electron chi connectivity index (χ4n) is 2.52. The summed E-state index contributed by atoms with van der Waals surface area (Å²) in [5.41, 5.74) is 7.49. The molecule has 0 spiro atoms. The van der Waals surface area contributed by atoms with Crippen molar-refractivity contribution in [2.45, 2.75) is 25.1 Å². The van der Waals surface area contributed by atoms with Crippen LogP contribution in [0.2, 0.25) is 0 Å². The molecule has 2 unspecified atom stereocenters. The van der Waals surface area contributed by atoms with Gasteiger partial charge in [0.05, 0.1) is 5.52 Å². The quantitative estimate of drug-likeness (QED) is 0.810. The molecule has 4 nitrogen and oxygen atoms in total. The molecule has 2 heterocycles. The van der Waals surface area contributed by atoms with E-state index >= 15 is 0 Å². The summed E-state index contributed by atoms with van der Waals surface area (Å²) in [7, 11) is 0. The summed E-state index contributed by atoms with van der Waals surface area (Å²) in [6.45, 7) is 5.58. The van der Waals surface area contributed by atoms with E-state index in [-0.39, 0.29) is 0 Å². The van der Waals surface area contributed by atoms with Gasteiger partial charge >= 0.3 is 0 Å². The van der Waals surface area contributed by atoms with Crippen molar-refractivity contribution in [3.8, 4) is 0 Å². The summed E-state index contributed by atoms with van der Waals surface area (Å²) in [6, 6.07) is 6.34. The van der Waals surface area contributed by atoms with Gasteiger partial charge in [-0.05, 0) is 25.1 Å². The number of rotatable bonds is 1. The molecule has 100 valence electrons. The van der Waals surface area contributed by atoms with Gasteiger partial charge in [-0.15, -0.1) is 0 Å². The monoisotopic (exact) mass is 274 g/mol. The predicted octanol–water partition coefficient (Wildman–Crippen LogP) is 2.54. The molecular weight excluding hydrogens is 256 g/mol. The Morgan fingerprint density at radius 1 is 1.32 bits per heavy atom. The van der Waals surface area contributed by atoms with Crippen LogP contribution in [0.15, 0.2) is 24.5 Å². The smallest absolute Gasteiger partial charge is 0.140 e. The molecule has 1 aliphatic heterocycles. The van der Waals surface area contributed by atoms with E-state index in [1.54, 1.807) is 6.33 Å². The van der Waals surface area contributed by atoms with Gasteiger partial charge in [0, 0.05) is 34.7 Å². The van der Waals surface area contributed by atoms with E-state index < -0.39 is 0 Å². The molecule has 2 atom stereocenters. The van der Waals surface area contributed by atoms with Gasteiger partial charge in [0.25, 0.3) is 0 Å². The van der Waals surface area contributed by atoms with Crippen molar-refractivity contribution in [2.24, 2.45) is 0 Å². The SMILES string of the molecule is CC1SCCN(c2ncnc3cc(N)ccc23)C1C. The molecule has 0 saturated carbocycles. The molecule has 1 fully saturated rings. The molecular formula is C14H18N4S. The Hall–Kier alpha value is -1.49. The van der Waals surface area contributed by atoms with Crippen LogP contribution in [0.5, 0.6) is 0 Å². The topological polar surface area (TPSA) is 55.0 Å². The van der Waals surface area contributed by atoms with E-state index in [1.165, 1.54) is 0 Å². The van der Waals surface area contributed by atoms with Gasteiger partial charge in [-0.25, -0.2) is 9.97 Å². The van der Waals surface area contributed by atoms with Gasteiger partial charge in [0.2, 0.25) is 0 Å². The van der Waals surface area contributed by atoms with E-state index in [0.717, 1.165) is 34.7 Å². The Balaban J connectivity index is 2.09. The molecule has 5 heteroatoms.